The summed E-state index contributed by atoms with van der Waals surface area (Å²) in [6.07, 6.45) is 1.92. The molecule has 0 aliphatic carbocycles. The molecule has 4 rings (SSSR count). The summed E-state index contributed by atoms with van der Waals surface area (Å²) in [6, 6.07) is 2.11. The van der Waals surface area contributed by atoms with Gasteiger partial charge in [-0.3, -0.25) is 29.6 Å². The fourth-order valence-corrected chi connectivity index (χ4v) is 4.51. The molecule has 220 valence electrons. The van der Waals surface area contributed by atoms with Crippen molar-refractivity contribution in [2.24, 2.45) is 5.73 Å². The highest BCUT2D eigenvalue weighted by Gasteiger charge is 2.53. The second-order valence-corrected chi connectivity index (χ2v) is 9.94. The molecular formula is C23H35ClN10O6. The largest absolute Gasteiger partial charge is 0.465 e. The molecule has 2 aromatic rings. The van der Waals surface area contributed by atoms with Crippen LogP contribution in [0.15, 0.2) is 24.5 Å². The first kappa shape index (κ1) is 32.0. The second-order valence-electron chi connectivity index (χ2n) is 9.94. The summed E-state index contributed by atoms with van der Waals surface area (Å²) in [7, 11) is 0. The van der Waals surface area contributed by atoms with Crippen LogP contribution >= 0.6 is 12.4 Å². The SMILES string of the molecule is CCn1nccc1[C@@]1(CN(C(=O)O)C(C)(C)C)NC(=O)NC1=O.CCn1nccc1[C@@]1(CN)NC(=O)NC1=O.Cl. The number of aromatic nitrogens is 4. The van der Waals surface area contributed by atoms with Crippen molar-refractivity contribution in [2.75, 3.05) is 13.1 Å². The Morgan fingerprint density at radius 3 is 1.68 bits per heavy atom. The highest BCUT2D eigenvalue weighted by molar-refractivity contribution is 6.08. The highest BCUT2D eigenvalue weighted by Crippen LogP contribution is 2.29. The van der Waals surface area contributed by atoms with E-state index in [1.54, 1.807) is 48.5 Å². The summed E-state index contributed by atoms with van der Waals surface area (Å²) in [5.41, 5.74) is 3.22. The number of carbonyl (C=O) groups is 5. The number of carboxylic acid groups (broad SMARTS) is 1. The van der Waals surface area contributed by atoms with Crippen LogP contribution in [0.4, 0.5) is 14.4 Å². The van der Waals surface area contributed by atoms with Gasteiger partial charge in [-0.15, -0.1) is 12.4 Å². The number of nitrogens with zero attached hydrogens (tertiary/aromatic N) is 5. The van der Waals surface area contributed by atoms with Crippen molar-refractivity contribution in [1.82, 2.24) is 45.7 Å². The Morgan fingerprint density at radius 2 is 1.35 bits per heavy atom. The Labute approximate surface area is 236 Å². The third kappa shape index (κ3) is 5.72. The molecule has 0 saturated carbocycles. The lowest BCUT2D eigenvalue weighted by Crippen LogP contribution is -2.58. The zero-order chi connectivity index (χ0) is 29.2. The summed E-state index contributed by atoms with van der Waals surface area (Å²) >= 11 is 0. The van der Waals surface area contributed by atoms with E-state index in [4.69, 9.17) is 5.73 Å². The van der Waals surface area contributed by atoms with Crippen molar-refractivity contribution in [3.63, 3.8) is 0 Å². The van der Waals surface area contributed by atoms with Gasteiger partial charge >= 0.3 is 18.2 Å². The number of hydrogen-bond acceptors (Lipinski definition) is 8. The van der Waals surface area contributed by atoms with E-state index in [0.29, 0.717) is 24.5 Å². The predicted octanol–water partition coefficient (Wildman–Crippen LogP) is 0.0344. The molecular weight excluding hydrogens is 548 g/mol. The quantitative estimate of drug-likeness (QED) is 0.242. The fraction of sp³-hybridized carbons (Fsp3) is 0.522. The predicted molar refractivity (Wildman–Crippen MR) is 143 cm³/mol. The number of urea groups is 2. The van der Waals surface area contributed by atoms with E-state index in [1.165, 1.54) is 6.20 Å². The van der Waals surface area contributed by atoms with E-state index in [1.807, 2.05) is 13.8 Å². The number of halogens is 1. The molecule has 2 aliphatic heterocycles. The van der Waals surface area contributed by atoms with Gasteiger partial charge in [0.15, 0.2) is 11.1 Å². The number of nitrogens with two attached hydrogens (primary N) is 1. The van der Waals surface area contributed by atoms with Crippen molar-refractivity contribution in [3.8, 4) is 0 Å². The van der Waals surface area contributed by atoms with Crippen molar-refractivity contribution in [1.29, 1.82) is 0 Å². The van der Waals surface area contributed by atoms with Crippen LogP contribution in [-0.2, 0) is 33.8 Å². The monoisotopic (exact) mass is 582 g/mol. The molecule has 2 aromatic heterocycles. The molecule has 7 N–H and O–H groups in total. The first-order valence-corrected chi connectivity index (χ1v) is 12.3. The van der Waals surface area contributed by atoms with Crippen LogP contribution < -0.4 is 27.0 Å². The van der Waals surface area contributed by atoms with E-state index in [-0.39, 0.29) is 25.5 Å². The lowest BCUT2D eigenvalue weighted by Gasteiger charge is -2.39. The Balaban J connectivity index is 0.000000290. The zero-order valence-corrected chi connectivity index (χ0v) is 23.7. The molecule has 0 spiro atoms. The average Bonchev–Trinajstić information content (AvgIpc) is 3.63. The number of hydrogen-bond donors (Lipinski definition) is 6. The summed E-state index contributed by atoms with van der Waals surface area (Å²) in [4.78, 5) is 60.0. The molecule has 0 unspecified atom stereocenters. The third-order valence-corrected chi connectivity index (χ3v) is 6.53. The molecule has 2 fully saturated rings. The summed E-state index contributed by atoms with van der Waals surface area (Å²) in [6.45, 7) is 9.78. The average molecular weight is 583 g/mol. The van der Waals surface area contributed by atoms with E-state index >= 15 is 0 Å². The van der Waals surface area contributed by atoms with Crippen LogP contribution in [0.2, 0.25) is 0 Å². The minimum atomic E-state index is -1.50. The molecule has 7 amide bonds. The smallest absolute Gasteiger partial charge is 0.407 e. The van der Waals surface area contributed by atoms with Gasteiger partial charge in [0.2, 0.25) is 0 Å². The summed E-state index contributed by atoms with van der Waals surface area (Å²) < 4.78 is 3.20. The van der Waals surface area contributed by atoms with Gasteiger partial charge in [0.25, 0.3) is 11.8 Å². The number of rotatable bonds is 7. The lowest BCUT2D eigenvalue weighted by atomic mass is 9.92. The van der Waals surface area contributed by atoms with Gasteiger partial charge in [-0.05, 0) is 46.8 Å². The molecule has 40 heavy (non-hydrogen) atoms. The molecule has 0 bridgehead atoms. The maximum atomic E-state index is 12.5. The number of imide groups is 2. The molecule has 0 radical (unpaired) electrons. The van der Waals surface area contributed by atoms with Crippen molar-refractivity contribution >= 4 is 42.4 Å². The van der Waals surface area contributed by atoms with Gasteiger partial charge in [0.05, 0.1) is 17.9 Å². The second kappa shape index (κ2) is 11.9. The molecule has 0 aromatic carbocycles. The minimum absolute atomic E-state index is 0. The van der Waals surface area contributed by atoms with Gasteiger partial charge in [-0.25, -0.2) is 14.4 Å². The molecule has 2 atom stereocenters. The molecule has 4 heterocycles. The number of amides is 7. The first-order valence-electron chi connectivity index (χ1n) is 12.3. The Hall–Kier alpha value is -4.18. The van der Waals surface area contributed by atoms with Gasteiger partial charge < -0.3 is 26.4 Å². The Morgan fingerprint density at radius 1 is 0.925 bits per heavy atom. The summed E-state index contributed by atoms with van der Waals surface area (Å²) in [5, 5.41) is 27.2. The number of aryl methyl sites for hydroxylation is 2. The Kier molecular flexibility index (Phi) is 9.54. The van der Waals surface area contributed by atoms with E-state index in [0.717, 1.165) is 4.90 Å². The lowest BCUT2D eigenvalue weighted by molar-refractivity contribution is -0.125. The topological polar surface area (TPSA) is 219 Å². The van der Waals surface area contributed by atoms with Crippen LogP contribution in [0.1, 0.15) is 46.0 Å². The molecule has 2 aliphatic rings. The summed E-state index contributed by atoms with van der Waals surface area (Å²) in [5.74, 6) is -1.02. The molecule has 17 heteroatoms. The number of carbonyl (C=O) groups excluding carboxylic acids is 4. The van der Waals surface area contributed by atoms with E-state index in [9.17, 15) is 29.1 Å². The van der Waals surface area contributed by atoms with E-state index < -0.39 is 46.6 Å². The fourth-order valence-electron chi connectivity index (χ4n) is 4.51. The third-order valence-electron chi connectivity index (χ3n) is 6.53. The van der Waals surface area contributed by atoms with Crippen LogP contribution in [-0.4, -0.2) is 78.2 Å². The normalized spacial score (nSPS) is 21.9. The van der Waals surface area contributed by atoms with Crippen LogP contribution in [0, 0.1) is 0 Å². The maximum absolute atomic E-state index is 12.5. The highest BCUT2D eigenvalue weighted by atomic mass is 35.5. The Bertz CT molecular complexity index is 1290. The molecule has 16 nitrogen and oxygen atoms in total. The number of nitrogens with one attached hydrogen (secondary N) is 4. The first-order chi connectivity index (χ1) is 18.3. The van der Waals surface area contributed by atoms with Crippen molar-refractivity contribution in [2.45, 2.75) is 64.3 Å². The van der Waals surface area contributed by atoms with Crippen LogP contribution in [0.25, 0.3) is 0 Å². The van der Waals surface area contributed by atoms with Gasteiger partial charge in [0, 0.05) is 37.6 Å². The van der Waals surface area contributed by atoms with E-state index in [2.05, 4.69) is 31.5 Å². The molecule has 2 saturated heterocycles. The van der Waals surface area contributed by atoms with Crippen molar-refractivity contribution in [3.05, 3.63) is 35.9 Å². The van der Waals surface area contributed by atoms with Gasteiger partial charge in [-0.2, -0.15) is 10.2 Å². The zero-order valence-electron chi connectivity index (χ0n) is 22.8. The minimum Gasteiger partial charge on any atom is -0.465 e. The van der Waals surface area contributed by atoms with Crippen molar-refractivity contribution < 1.29 is 29.1 Å². The standard InChI is InChI=1S/C14H21N5O4.C9H13N5O2.ClH/c1-5-19-9(6-7-15-19)14(10(20)16-11(21)17-14)8-18(12(22)23)13(2,3)4;1-2-14-6(3-4-11-14)9(5-10)7(15)12-8(16)13-9;/h6-7H,5,8H2,1-4H3,(H,22,23)(H2,16,17,20,21);3-4H,2,5,10H2,1H3,(H2,12,13,15,16);1H/t14-;9-;/m11./s1. The van der Waals surface area contributed by atoms with Crippen LogP contribution in [0.3, 0.4) is 0 Å². The van der Waals surface area contributed by atoms with Gasteiger partial charge in [-0.1, -0.05) is 0 Å². The maximum Gasteiger partial charge on any atom is 0.407 e. The van der Waals surface area contributed by atoms with Gasteiger partial charge in [0.1, 0.15) is 0 Å². The van der Waals surface area contributed by atoms with Crippen LogP contribution in [0.5, 0.6) is 0 Å².